The van der Waals surface area contributed by atoms with E-state index in [0.29, 0.717) is 6.42 Å². The Bertz CT molecular complexity index is 833. The first-order valence-electron chi connectivity index (χ1n) is 6.90. The van der Waals surface area contributed by atoms with Gasteiger partial charge in [-0.05, 0) is 23.8 Å². The van der Waals surface area contributed by atoms with Crippen LogP contribution in [0, 0.1) is 6.92 Å². The zero-order chi connectivity index (χ0) is 16.2. The molecule has 0 atom stereocenters. The van der Waals surface area contributed by atoms with Crippen molar-refractivity contribution in [3.63, 3.8) is 0 Å². The van der Waals surface area contributed by atoms with E-state index in [9.17, 15) is 9.90 Å². The number of aliphatic hydroxyl groups is 1. The zero-order valence-corrected chi connectivity index (χ0v) is 12.3. The van der Waals surface area contributed by atoms with Crippen molar-refractivity contribution in [2.24, 2.45) is 0 Å². The van der Waals surface area contributed by atoms with Gasteiger partial charge in [-0.15, -0.1) is 10.2 Å². The second-order valence-electron chi connectivity index (χ2n) is 5.06. The first-order chi connectivity index (χ1) is 11.1. The highest BCUT2D eigenvalue weighted by atomic mass is 16.3. The van der Waals surface area contributed by atoms with Gasteiger partial charge in [0, 0.05) is 12.5 Å². The Labute approximate surface area is 131 Å². The lowest BCUT2D eigenvalue weighted by Gasteiger charge is -1.98. The number of aromatic amines is 2. The molecule has 0 bridgehead atoms. The van der Waals surface area contributed by atoms with Crippen LogP contribution >= 0.6 is 0 Å². The summed E-state index contributed by atoms with van der Waals surface area (Å²) in [5, 5.41) is 29.2. The lowest BCUT2D eigenvalue weighted by Crippen LogP contribution is -1.98. The molecule has 0 spiro atoms. The standard InChI is InChI=1S/C15H14N6O2/c1-9-2-4-10(5-3-9)6-11-7-12(17-16-11)13(22)8-14(23)15-18-20-21-19-15/h2-5,7-8,23H,6H2,1H3,(H,16,17)(H,18,19,20,21). The summed E-state index contributed by atoms with van der Waals surface area (Å²) < 4.78 is 0. The number of aliphatic hydroxyl groups excluding tert-OH is 1. The SMILES string of the molecule is Cc1ccc(Cc2cc(C(=O)C=C(O)c3nn[nH]n3)[nH]n2)cc1. The summed E-state index contributed by atoms with van der Waals surface area (Å²) in [6.45, 7) is 2.03. The summed E-state index contributed by atoms with van der Waals surface area (Å²) in [6.07, 6.45) is 1.64. The van der Waals surface area contributed by atoms with Crippen molar-refractivity contribution < 1.29 is 9.90 Å². The van der Waals surface area contributed by atoms with E-state index >= 15 is 0 Å². The second kappa shape index (κ2) is 6.22. The summed E-state index contributed by atoms with van der Waals surface area (Å²) in [7, 11) is 0. The minimum atomic E-state index is -0.421. The first-order valence-corrected chi connectivity index (χ1v) is 6.90. The van der Waals surface area contributed by atoms with Crippen molar-refractivity contribution in [2.45, 2.75) is 13.3 Å². The lowest BCUT2D eigenvalue weighted by atomic mass is 10.1. The molecule has 8 heteroatoms. The van der Waals surface area contributed by atoms with Gasteiger partial charge in [-0.1, -0.05) is 29.8 Å². The monoisotopic (exact) mass is 310 g/mol. The van der Waals surface area contributed by atoms with Gasteiger partial charge in [0.15, 0.2) is 5.76 Å². The molecule has 0 aliphatic heterocycles. The number of allylic oxidation sites excluding steroid dienone is 1. The van der Waals surface area contributed by atoms with Gasteiger partial charge in [-0.2, -0.15) is 10.3 Å². The van der Waals surface area contributed by atoms with E-state index in [2.05, 4.69) is 30.8 Å². The van der Waals surface area contributed by atoms with Crippen molar-refractivity contribution in [1.29, 1.82) is 0 Å². The molecule has 116 valence electrons. The molecule has 3 aromatic rings. The molecule has 0 saturated heterocycles. The first kappa shape index (κ1) is 14.6. The number of carbonyl (C=O) groups is 1. The van der Waals surface area contributed by atoms with Gasteiger partial charge in [-0.3, -0.25) is 9.89 Å². The van der Waals surface area contributed by atoms with E-state index in [0.717, 1.165) is 17.3 Å². The Morgan fingerprint density at radius 3 is 2.74 bits per heavy atom. The third-order valence-corrected chi connectivity index (χ3v) is 3.24. The summed E-state index contributed by atoms with van der Waals surface area (Å²) in [6, 6.07) is 9.75. The summed E-state index contributed by atoms with van der Waals surface area (Å²) in [4.78, 5) is 12.1. The average Bonchev–Trinajstić information content (AvgIpc) is 3.21. The molecule has 3 N–H and O–H groups in total. The fourth-order valence-electron chi connectivity index (χ4n) is 2.03. The molecule has 1 aromatic carbocycles. The number of hydrogen-bond acceptors (Lipinski definition) is 6. The maximum Gasteiger partial charge on any atom is 0.239 e. The van der Waals surface area contributed by atoms with Crippen LogP contribution in [-0.4, -0.2) is 41.7 Å². The van der Waals surface area contributed by atoms with Gasteiger partial charge in [0.1, 0.15) is 5.69 Å². The number of H-pyrrole nitrogens is 2. The maximum absolute atomic E-state index is 12.1. The Morgan fingerprint density at radius 2 is 2.04 bits per heavy atom. The molecule has 0 aliphatic rings. The molecular weight excluding hydrogens is 296 g/mol. The quantitative estimate of drug-likeness (QED) is 0.374. The Hall–Kier alpha value is -3.29. The molecule has 2 aromatic heterocycles. The largest absolute Gasteiger partial charge is 0.504 e. The zero-order valence-electron chi connectivity index (χ0n) is 12.3. The van der Waals surface area contributed by atoms with Crippen LogP contribution in [0.3, 0.4) is 0 Å². The van der Waals surface area contributed by atoms with Crippen molar-refractivity contribution in [3.8, 4) is 0 Å². The maximum atomic E-state index is 12.1. The minimum absolute atomic E-state index is 0.0438. The molecule has 0 fully saturated rings. The van der Waals surface area contributed by atoms with Crippen LogP contribution in [0.4, 0.5) is 0 Å². The fourth-order valence-corrected chi connectivity index (χ4v) is 2.03. The van der Waals surface area contributed by atoms with Crippen LogP contribution in [0.5, 0.6) is 0 Å². The van der Waals surface area contributed by atoms with Crippen molar-refractivity contribution in [1.82, 2.24) is 30.8 Å². The van der Waals surface area contributed by atoms with Crippen molar-refractivity contribution in [2.75, 3.05) is 0 Å². The van der Waals surface area contributed by atoms with Gasteiger partial charge >= 0.3 is 0 Å². The summed E-state index contributed by atoms with van der Waals surface area (Å²) in [5.41, 5.74) is 3.31. The topological polar surface area (TPSA) is 120 Å². The number of aromatic nitrogens is 6. The van der Waals surface area contributed by atoms with E-state index < -0.39 is 5.78 Å². The van der Waals surface area contributed by atoms with E-state index in [1.54, 1.807) is 6.07 Å². The van der Waals surface area contributed by atoms with E-state index in [-0.39, 0.29) is 17.3 Å². The lowest BCUT2D eigenvalue weighted by molar-refractivity contribution is 0.104. The fraction of sp³-hybridized carbons (Fsp3) is 0.133. The smallest absolute Gasteiger partial charge is 0.239 e. The van der Waals surface area contributed by atoms with Gasteiger partial charge in [0.2, 0.25) is 11.6 Å². The number of hydrogen-bond donors (Lipinski definition) is 3. The molecule has 0 aliphatic carbocycles. The number of benzene rings is 1. The van der Waals surface area contributed by atoms with Gasteiger partial charge < -0.3 is 5.11 Å². The Morgan fingerprint density at radius 1 is 1.26 bits per heavy atom. The molecule has 0 amide bonds. The molecule has 8 nitrogen and oxygen atoms in total. The van der Waals surface area contributed by atoms with Gasteiger partial charge in [-0.25, -0.2) is 0 Å². The summed E-state index contributed by atoms with van der Waals surface area (Å²) >= 11 is 0. The predicted molar refractivity (Wildman–Crippen MR) is 81.7 cm³/mol. The molecule has 0 saturated carbocycles. The number of carbonyl (C=O) groups excluding carboxylic acids is 1. The van der Waals surface area contributed by atoms with E-state index in [1.165, 1.54) is 5.56 Å². The van der Waals surface area contributed by atoms with Crippen LogP contribution in [0.25, 0.3) is 5.76 Å². The Kier molecular flexibility index (Phi) is 3.96. The highest BCUT2D eigenvalue weighted by molar-refractivity contribution is 6.06. The Balaban J connectivity index is 1.72. The molecule has 23 heavy (non-hydrogen) atoms. The normalized spacial score (nSPS) is 11.6. The molecule has 0 unspecified atom stereocenters. The second-order valence-corrected chi connectivity index (χ2v) is 5.06. The highest BCUT2D eigenvalue weighted by Gasteiger charge is 2.12. The third kappa shape index (κ3) is 3.49. The van der Waals surface area contributed by atoms with Crippen LogP contribution in [0.2, 0.25) is 0 Å². The number of ketones is 1. The predicted octanol–water partition coefficient (Wildman–Crippen LogP) is 1.60. The summed E-state index contributed by atoms with van der Waals surface area (Å²) in [5.74, 6) is -0.828. The van der Waals surface area contributed by atoms with Crippen molar-refractivity contribution >= 4 is 11.5 Å². The van der Waals surface area contributed by atoms with E-state index in [4.69, 9.17) is 0 Å². The molecule has 2 heterocycles. The van der Waals surface area contributed by atoms with E-state index in [1.807, 2.05) is 31.2 Å². The van der Waals surface area contributed by atoms with Crippen LogP contribution in [0.1, 0.15) is 33.1 Å². The third-order valence-electron chi connectivity index (χ3n) is 3.24. The molecular formula is C15H14N6O2. The minimum Gasteiger partial charge on any atom is -0.504 e. The number of tetrazole rings is 1. The number of nitrogens with one attached hydrogen (secondary N) is 2. The number of aryl methyl sites for hydroxylation is 1. The van der Waals surface area contributed by atoms with Gasteiger partial charge in [0.25, 0.3) is 0 Å². The van der Waals surface area contributed by atoms with Crippen LogP contribution in [0.15, 0.2) is 36.4 Å². The van der Waals surface area contributed by atoms with Crippen LogP contribution < -0.4 is 0 Å². The number of rotatable bonds is 5. The van der Waals surface area contributed by atoms with Crippen molar-refractivity contribution in [3.05, 3.63) is 64.7 Å². The number of nitrogens with zero attached hydrogens (tertiary/aromatic N) is 4. The van der Waals surface area contributed by atoms with Crippen LogP contribution in [-0.2, 0) is 6.42 Å². The molecule has 0 radical (unpaired) electrons. The highest BCUT2D eigenvalue weighted by Crippen LogP contribution is 2.11. The average molecular weight is 310 g/mol. The van der Waals surface area contributed by atoms with Gasteiger partial charge in [0.05, 0.1) is 5.69 Å². The molecule has 3 rings (SSSR count).